The first-order valence-electron chi connectivity index (χ1n) is 12.7. The molecule has 2 heterocycles. The van der Waals surface area contributed by atoms with Crippen LogP contribution in [-0.2, 0) is 6.54 Å². The molecular weight excluding hydrogens is 502 g/mol. The second-order valence-corrected chi connectivity index (χ2v) is 9.40. The first kappa shape index (κ1) is 26.2. The number of terminal acetylenes is 1. The Morgan fingerprint density at radius 2 is 1.75 bits per heavy atom. The van der Waals surface area contributed by atoms with Crippen LogP contribution >= 0.6 is 0 Å². The van der Waals surface area contributed by atoms with Crippen LogP contribution in [0.2, 0.25) is 0 Å². The third-order valence-corrected chi connectivity index (χ3v) is 6.55. The molecule has 0 aliphatic carbocycles. The molecule has 1 unspecified atom stereocenters. The fourth-order valence-corrected chi connectivity index (χ4v) is 4.63. The summed E-state index contributed by atoms with van der Waals surface area (Å²) in [6.07, 6.45) is 5.66. The van der Waals surface area contributed by atoms with Gasteiger partial charge in [0.25, 0.3) is 11.5 Å². The third kappa shape index (κ3) is 5.84. The molecule has 40 heavy (non-hydrogen) atoms. The number of fused-ring (bicyclic) bond motifs is 1. The van der Waals surface area contributed by atoms with Gasteiger partial charge in [0.1, 0.15) is 5.82 Å². The third-order valence-electron chi connectivity index (χ3n) is 6.55. The van der Waals surface area contributed by atoms with Gasteiger partial charge in [0, 0.05) is 29.6 Å². The zero-order valence-corrected chi connectivity index (χ0v) is 21.8. The molecule has 5 aromatic rings. The van der Waals surface area contributed by atoms with Crippen molar-refractivity contribution in [2.24, 2.45) is 0 Å². The van der Waals surface area contributed by atoms with Gasteiger partial charge in [-0.2, -0.15) is 0 Å². The second-order valence-electron chi connectivity index (χ2n) is 9.40. The molecule has 1 atom stereocenters. The van der Waals surface area contributed by atoms with Gasteiger partial charge >= 0.3 is 0 Å². The lowest BCUT2D eigenvalue weighted by Crippen LogP contribution is -2.31. The zero-order chi connectivity index (χ0) is 28.1. The van der Waals surface area contributed by atoms with E-state index in [1.807, 2.05) is 65.6 Å². The predicted octanol–water partition coefficient (Wildman–Crippen LogP) is 4.08. The lowest BCUT2D eigenvalue weighted by Gasteiger charge is -2.23. The number of aromatic amines is 2. The summed E-state index contributed by atoms with van der Waals surface area (Å²) in [6.45, 7) is 2.55. The fraction of sp³-hybridized carbons (Fsp3) is 0.125. The summed E-state index contributed by atoms with van der Waals surface area (Å²) >= 11 is 0. The number of carbonyl (C=O) groups excluding carboxylic acids is 1. The number of amides is 1. The van der Waals surface area contributed by atoms with Gasteiger partial charge in [-0.15, -0.1) is 6.42 Å². The maximum absolute atomic E-state index is 13.3. The highest BCUT2D eigenvalue weighted by Gasteiger charge is 2.19. The van der Waals surface area contributed by atoms with Crippen molar-refractivity contribution < 1.29 is 4.79 Å². The van der Waals surface area contributed by atoms with Gasteiger partial charge < -0.3 is 20.2 Å². The van der Waals surface area contributed by atoms with E-state index >= 15 is 0 Å². The second kappa shape index (κ2) is 11.5. The Morgan fingerprint density at radius 3 is 2.48 bits per heavy atom. The van der Waals surface area contributed by atoms with Gasteiger partial charge in [-0.3, -0.25) is 14.4 Å². The van der Waals surface area contributed by atoms with Crippen LogP contribution in [0.15, 0.2) is 101 Å². The molecule has 0 saturated carbocycles. The Hall–Kier alpha value is -5.42. The van der Waals surface area contributed by atoms with E-state index in [1.54, 1.807) is 31.2 Å². The molecule has 198 valence electrons. The molecule has 0 spiro atoms. The first-order valence-corrected chi connectivity index (χ1v) is 12.7. The Labute approximate surface area is 230 Å². The summed E-state index contributed by atoms with van der Waals surface area (Å²) in [5.74, 6) is 2.96. The van der Waals surface area contributed by atoms with Gasteiger partial charge in [-0.1, -0.05) is 48.4 Å². The van der Waals surface area contributed by atoms with Crippen molar-refractivity contribution in [3.8, 4) is 12.3 Å². The van der Waals surface area contributed by atoms with Gasteiger partial charge in [-0.25, -0.2) is 4.98 Å². The van der Waals surface area contributed by atoms with Crippen molar-refractivity contribution in [1.29, 1.82) is 0 Å². The fourth-order valence-electron chi connectivity index (χ4n) is 4.63. The van der Waals surface area contributed by atoms with E-state index in [0.717, 1.165) is 16.8 Å². The number of aromatic nitrogens is 3. The van der Waals surface area contributed by atoms with E-state index in [1.165, 1.54) is 6.07 Å². The molecule has 8 heteroatoms. The standard InChI is InChI=1S/C32H27N5O3/c1-3-18-37(20-22-12-17-27-26(19-22)32(40)34-21(2)33-27)25-15-13-24(14-16-25)31(39)36-30(23-8-5-4-6-9-23)28-10-7-11-29(38)35-28/h1,4-17,19,30H,18,20H2,2H3,(H,35,38)(H,36,39)(H,33,34,40). The van der Waals surface area contributed by atoms with Gasteiger partial charge in [0.2, 0.25) is 5.56 Å². The monoisotopic (exact) mass is 529 g/mol. The van der Waals surface area contributed by atoms with E-state index in [4.69, 9.17) is 6.42 Å². The topological polar surface area (TPSA) is 111 Å². The van der Waals surface area contributed by atoms with Crippen LogP contribution in [0.25, 0.3) is 10.9 Å². The number of pyridine rings is 1. The SMILES string of the molecule is C#CCN(Cc1ccc2nc(C)[nH]c(=O)c2c1)c1ccc(C(=O)NC(c2ccccc2)c2cccc(=O)[nH]2)cc1. The summed E-state index contributed by atoms with van der Waals surface area (Å²) in [6, 6.07) is 26.5. The van der Waals surface area contributed by atoms with E-state index in [0.29, 0.717) is 41.1 Å². The molecule has 0 aliphatic rings. The number of nitrogens with zero attached hydrogens (tertiary/aromatic N) is 2. The largest absolute Gasteiger partial charge is 0.356 e. The van der Waals surface area contributed by atoms with Crippen LogP contribution < -0.4 is 21.3 Å². The number of H-pyrrole nitrogens is 2. The molecule has 8 nitrogen and oxygen atoms in total. The molecule has 5 rings (SSSR count). The number of carbonyl (C=O) groups is 1. The van der Waals surface area contributed by atoms with Gasteiger partial charge in [0.15, 0.2) is 0 Å². The van der Waals surface area contributed by atoms with E-state index in [-0.39, 0.29) is 17.0 Å². The molecular formula is C32H27N5O3. The summed E-state index contributed by atoms with van der Waals surface area (Å²) in [5, 5.41) is 3.56. The molecule has 0 bridgehead atoms. The minimum atomic E-state index is -0.533. The Bertz CT molecular complexity index is 1820. The van der Waals surface area contributed by atoms with Crippen molar-refractivity contribution in [3.05, 3.63) is 140 Å². The Morgan fingerprint density at radius 1 is 0.975 bits per heavy atom. The van der Waals surface area contributed by atoms with Crippen LogP contribution in [0.3, 0.4) is 0 Å². The Balaban J connectivity index is 1.37. The highest BCUT2D eigenvalue weighted by atomic mass is 16.2. The lowest BCUT2D eigenvalue weighted by atomic mass is 10.0. The average molecular weight is 530 g/mol. The number of rotatable bonds is 8. The first-order chi connectivity index (χ1) is 19.4. The molecule has 3 N–H and O–H groups in total. The number of hydrogen-bond donors (Lipinski definition) is 3. The zero-order valence-electron chi connectivity index (χ0n) is 21.8. The van der Waals surface area contributed by atoms with Crippen LogP contribution in [-0.4, -0.2) is 27.4 Å². The number of benzene rings is 3. The maximum Gasteiger partial charge on any atom is 0.258 e. The number of nitrogens with one attached hydrogen (secondary N) is 3. The van der Waals surface area contributed by atoms with Crippen LogP contribution in [0.5, 0.6) is 0 Å². The van der Waals surface area contributed by atoms with Crippen molar-refractivity contribution in [2.75, 3.05) is 11.4 Å². The summed E-state index contributed by atoms with van der Waals surface area (Å²) in [5.41, 5.74) is 3.84. The van der Waals surface area contributed by atoms with Crippen molar-refractivity contribution >= 4 is 22.5 Å². The smallest absolute Gasteiger partial charge is 0.258 e. The van der Waals surface area contributed by atoms with Crippen LogP contribution in [0.1, 0.15) is 39.0 Å². The molecule has 0 saturated heterocycles. The maximum atomic E-state index is 13.3. The van der Waals surface area contributed by atoms with Crippen molar-refractivity contribution in [2.45, 2.75) is 19.5 Å². The minimum absolute atomic E-state index is 0.184. The number of hydrogen-bond acceptors (Lipinski definition) is 5. The molecule has 3 aromatic carbocycles. The van der Waals surface area contributed by atoms with Crippen LogP contribution in [0, 0.1) is 19.3 Å². The quantitative estimate of drug-likeness (QED) is 0.262. The van der Waals surface area contributed by atoms with E-state index < -0.39 is 6.04 Å². The number of anilines is 1. The summed E-state index contributed by atoms with van der Waals surface area (Å²) in [7, 11) is 0. The number of aryl methyl sites for hydroxylation is 1. The van der Waals surface area contributed by atoms with Crippen molar-refractivity contribution in [3.63, 3.8) is 0 Å². The Kier molecular flexibility index (Phi) is 7.56. The normalized spacial score (nSPS) is 11.5. The van der Waals surface area contributed by atoms with Gasteiger partial charge in [-0.05, 0) is 60.5 Å². The highest BCUT2D eigenvalue weighted by Crippen LogP contribution is 2.22. The highest BCUT2D eigenvalue weighted by molar-refractivity contribution is 5.95. The van der Waals surface area contributed by atoms with Gasteiger partial charge in [0.05, 0.1) is 23.5 Å². The molecule has 2 aromatic heterocycles. The molecule has 0 fully saturated rings. The lowest BCUT2D eigenvalue weighted by molar-refractivity contribution is 0.0942. The predicted molar refractivity (Wildman–Crippen MR) is 156 cm³/mol. The van der Waals surface area contributed by atoms with Crippen molar-refractivity contribution in [1.82, 2.24) is 20.3 Å². The molecule has 0 radical (unpaired) electrons. The summed E-state index contributed by atoms with van der Waals surface area (Å²) in [4.78, 5) is 49.6. The van der Waals surface area contributed by atoms with Crippen LogP contribution in [0.4, 0.5) is 5.69 Å². The van der Waals surface area contributed by atoms with E-state index in [9.17, 15) is 14.4 Å². The minimum Gasteiger partial charge on any atom is -0.356 e. The van der Waals surface area contributed by atoms with E-state index in [2.05, 4.69) is 26.2 Å². The molecule has 0 aliphatic heterocycles. The average Bonchev–Trinajstić information content (AvgIpc) is 2.96. The molecule has 1 amide bonds. The summed E-state index contributed by atoms with van der Waals surface area (Å²) < 4.78 is 0.